The van der Waals surface area contributed by atoms with Gasteiger partial charge in [0.15, 0.2) is 0 Å². The van der Waals surface area contributed by atoms with Crippen LogP contribution in [0.4, 0.5) is 11.4 Å². The number of non-ortho nitro benzene ring substituents is 1. The van der Waals surface area contributed by atoms with Gasteiger partial charge in [0.1, 0.15) is 5.75 Å². The zero-order valence-electron chi connectivity index (χ0n) is 14.7. The van der Waals surface area contributed by atoms with Crippen LogP contribution in [-0.4, -0.2) is 10.8 Å². The van der Waals surface area contributed by atoms with Gasteiger partial charge < -0.3 is 4.74 Å². The van der Waals surface area contributed by atoms with Gasteiger partial charge in [-0.15, -0.1) is 0 Å². The van der Waals surface area contributed by atoms with E-state index in [-0.39, 0.29) is 5.69 Å². The van der Waals surface area contributed by atoms with Gasteiger partial charge in [0.25, 0.3) is 5.69 Å². The standard InChI is InChI=1S/C23H14N2O3/c26-25(27)17-12-9-16(10-13-17)23-24-20-14-11-15-5-1-2-6-18(15)22(20)19-7-3-4-8-21(19)28-23/h1-14H. The first-order valence-electron chi connectivity index (χ1n) is 8.83. The Morgan fingerprint density at radius 3 is 2.39 bits per heavy atom. The summed E-state index contributed by atoms with van der Waals surface area (Å²) in [7, 11) is 0. The van der Waals surface area contributed by atoms with Crippen molar-refractivity contribution >= 4 is 28.0 Å². The Morgan fingerprint density at radius 1 is 0.821 bits per heavy atom. The smallest absolute Gasteiger partial charge is 0.269 e. The van der Waals surface area contributed by atoms with E-state index in [2.05, 4.69) is 12.1 Å². The lowest BCUT2D eigenvalue weighted by Crippen LogP contribution is -2.09. The molecule has 28 heavy (non-hydrogen) atoms. The lowest BCUT2D eigenvalue weighted by molar-refractivity contribution is -0.384. The molecule has 0 saturated carbocycles. The molecule has 5 rings (SSSR count). The van der Waals surface area contributed by atoms with E-state index in [1.165, 1.54) is 12.1 Å². The molecule has 0 bridgehead atoms. The molecule has 1 aliphatic rings. The van der Waals surface area contributed by atoms with Crippen LogP contribution in [0.5, 0.6) is 5.75 Å². The summed E-state index contributed by atoms with van der Waals surface area (Å²) in [5.41, 5.74) is 3.50. The van der Waals surface area contributed by atoms with E-state index in [4.69, 9.17) is 9.73 Å². The number of hydrogen-bond acceptors (Lipinski definition) is 4. The Labute approximate surface area is 160 Å². The largest absolute Gasteiger partial charge is 0.438 e. The van der Waals surface area contributed by atoms with Gasteiger partial charge in [-0.1, -0.05) is 48.5 Å². The molecule has 0 unspecified atom stereocenters. The highest BCUT2D eigenvalue weighted by Gasteiger charge is 2.21. The first-order valence-corrected chi connectivity index (χ1v) is 8.83. The molecule has 0 radical (unpaired) electrons. The first-order chi connectivity index (χ1) is 13.7. The first kappa shape index (κ1) is 16.2. The molecule has 0 N–H and O–H groups in total. The molecule has 0 saturated heterocycles. The number of nitro groups is 1. The lowest BCUT2D eigenvalue weighted by Gasteiger charge is -2.11. The molecule has 5 heteroatoms. The van der Waals surface area contributed by atoms with Gasteiger partial charge in [-0.2, -0.15) is 0 Å². The summed E-state index contributed by atoms with van der Waals surface area (Å²) < 4.78 is 6.15. The summed E-state index contributed by atoms with van der Waals surface area (Å²) >= 11 is 0. The predicted molar refractivity (Wildman–Crippen MR) is 109 cm³/mol. The Morgan fingerprint density at radius 2 is 1.57 bits per heavy atom. The molecule has 5 nitrogen and oxygen atoms in total. The van der Waals surface area contributed by atoms with Gasteiger partial charge in [0.2, 0.25) is 5.90 Å². The SMILES string of the molecule is O=[N+]([O-])c1ccc(C2=Nc3ccc4ccccc4c3-c3ccccc3O2)cc1. The fourth-order valence-electron chi connectivity index (χ4n) is 3.48. The van der Waals surface area contributed by atoms with Crippen molar-refractivity contribution in [3.05, 3.63) is 101 Å². The lowest BCUT2D eigenvalue weighted by atomic mass is 9.96. The molecule has 1 aliphatic heterocycles. The third kappa shape index (κ3) is 2.61. The molecule has 4 aromatic carbocycles. The maximum Gasteiger partial charge on any atom is 0.269 e. The Balaban J connectivity index is 1.76. The number of para-hydroxylation sites is 1. The monoisotopic (exact) mass is 366 g/mol. The summed E-state index contributed by atoms with van der Waals surface area (Å²) in [5, 5.41) is 13.2. The highest BCUT2D eigenvalue weighted by Crippen LogP contribution is 2.43. The van der Waals surface area contributed by atoms with E-state index in [0.717, 1.165) is 27.6 Å². The molecule has 1 heterocycles. The zero-order valence-corrected chi connectivity index (χ0v) is 14.7. The van der Waals surface area contributed by atoms with Crippen molar-refractivity contribution in [1.29, 1.82) is 0 Å². The maximum absolute atomic E-state index is 10.9. The summed E-state index contributed by atoms with van der Waals surface area (Å²) in [6, 6.07) is 26.3. The zero-order chi connectivity index (χ0) is 19.1. The molecule has 0 aromatic heterocycles. The van der Waals surface area contributed by atoms with Gasteiger partial charge in [0, 0.05) is 28.8 Å². The van der Waals surface area contributed by atoms with Crippen LogP contribution in [0.1, 0.15) is 5.56 Å². The second kappa shape index (κ2) is 6.32. The van der Waals surface area contributed by atoms with Crippen LogP contribution in [-0.2, 0) is 0 Å². The van der Waals surface area contributed by atoms with Gasteiger partial charge in [-0.3, -0.25) is 10.1 Å². The van der Waals surface area contributed by atoms with Crippen molar-refractivity contribution in [1.82, 2.24) is 0 Å². The second-order valence-corrected chi connectivity index (χ2v) is 6.50. The van der Waals surface area contributed by atoms with E-state index in [9.17, 15) is 10.1 Å². The molecule has 0 spiro atoms. The van der Waals surface area contributed by atoms with E-state index in [0.29, 0.717) is 17.2 Å². The van der Waals surface area contributed by atoms with Crippen molar-refractivity contribution in [2.24, 2.45) is 4.99 Å². The van der Waals surface area contributed by atoms with Crippen molar-refractivity contribution < 1.29 is 9.66 Å². The molecule has 0 amide bonds. The molecule has 4 aromatic rings. The minimum atomic E-state index is -0.420. The summed E-state index contributed by atoms with van der Waals surface area (Å²) in [5.74, 6) is 1.12. The Bertz CT molecular complexity index is 1260. The average Bonchev–Trinajstić information content (AvgIpc) is 2.91. The Hall–Kier alpha value is -3.99. The summed E-state index contributed by atoms with van der Waals surface area (Å²) in [6.07, 6.45) is 0. The molecular formula is C23H14N2O3. The van der Waals surface area contributed by atoms with Crippen molar-refractivity contribution in [3.63, 3.8) is 0 Å². The maximum atomic E-state index is 10.9. The van der Waals surface area contributed by atoms with Crippen LogP contribution in [0.25, 0.3) is 21.9 Å². The third-order valence-corrected chi connectivity index (χ3v) is 4.82. The van der Waals surface area contributed by atoms with Crippen LogP contribution in [0.15, 0.2) is 89.9 Å². The van der Waals surface area contributed by atoms with Crippen LogP contribution < -0.4 is 4.74 Å². The van der Waals surface area contributed by atoms with Gasteiger partial charge in [-0.05, 0) is 35.0 Å². The highest BCUT2D eigenvalue weighted by atomic mass is 16.6. The number of fused-ring (bicyclic) bond motifs is 5. The van der Waals surface area contributed by atoms with Crippen LogP contribution in [0.3, 0.4) is 0 Å². The normalized spacial score (nSPS) is 12.4. The second-order valence-electron chi connectivity index (χ2n) is 6.50. The van der Waals surface area contributed by atoms with Crippen LogP contribution in [0.2, 0.25) is 0 Å². The fraction of sp³-hybridized carbons (Fsp3) is 0. The number of rotatable bonds is 2. The highest BCUT2D eigenvalue weighted by molar-refractivity contribution is 6.08. The minimum Gasteiger partial charge on any atom is -0.438 e. The number of hydrogen-bond donors (Lipinski definition) is 0. The van der Waals surface area contributed by atoms with Crippen molar-refractivity contribution in [2.45, 2.75) is 0 Å². The van der Waals surface area contributed by atoms with E-state index in [1.54, 1.807) is 12.1 Å². The van der Waals surface area contributed by atoms with Crippen LogP contribution in [0, 0.1) is 10.1 Å². The number of nitro benzene ring substituents is 1. The number of nitrogens with zero attached hydrogens (tertiary/aromatic N) is 2. The molecular weight excluding hydrogens is 352 g/mol. The van der Waals surface area contributed by atoms with Gasteiger partial charge in [-0.25, -0.2) is 4.99 Å². The number of aliphatic imine (C=N–C) groups is 1. The van der Waals surface area contributed by atoms with E-state index < -0.39 is 4.92 Å². The van der Waals surface area contributed by atoms with Gasteiger partial charge >= 0.3 is 0 Å². The van der Waals surface area contributed by atoms with Crippen LogP contribution >= 0.6 is 0 Å². The quantitative estimate of drug-likeness (QED) is 0.328. The van der Waals surface area contributed by atoms with E-state index >= 15 is 0 Å². The summed E-state index contributed by atoms with van der Waals surface area (Å²) in [6.45, 7) is 0. The fourth-order valence-corrected chi connectivity index (χ4v) is 3.48. The minimum absolute atomic E-state index is 0.0322. The average molecular weight is 366 g/mol. The van der Waals surface area contributed by atoms with Crippen molar-refractivity contribution in [2.75, 3.05) is 0 Å². The number of ether oxygens (including phenoxy) is 1. The summed E-state index contributed by atoms with van der Waals surface area (Å²) in [4.78, 5) is 15.3. The van der Waals surface area contributed by atoms with Crippen molar-refractivity contribution in [3.8, 4) is 16.9 Å². The predicted octanol–water partition coefficient (Wildman–Crippen LogP) is 5.89. The molecule has 0 fully saturated rings. The number of benzene rings is 4. The Kier molecular flexibility index (Phi) is 3.66. The molecule has 0 aliphatic carbocycles. The van der Waals surface area contributed by atoms with Gasteiger partial charge in [0.05, 0.1) is 10.6 Å². The topological polar surface area (TPSA) is 64.7 Å². The molecule has 134 valence electrons. The third-order valence-electron chi connectivity index (χ3n) is 4.82. The van der Waals surface area contributed by atoms with E-state index in [1.807, 2.05) is 48.5 Å². The molecule has 0 atom stereocenters.